The van der Waals surface area contributed by atoms with Gasteiger partial charge in [-0.25, -0.2) is 27.7 Å². The average Bonchev–Trinajstić information content (AvgIpc) is 3.47. The molecule has 1 aliphatic carbocycles. The summed E-state index contributed by atoms with van der Waals surface area (Å²) in [5, 5.41) is 4.10. The maximum atomic E-state index is 15.0. The van der Waals surface area contributed by atoms with Gasteiger partial charge in [0.2, 0.25) is 0 Å². The molecule has 168 valence electrons. The zero-order valence-corrected chi connectivity index (χ0v) is 17.3. The fourth-order valence-corrected chi connectivity index (χ4v) is 4.04. The summed E-state index contributed by atoms with van der Waals surface area (Å²) in [5.74, 6) is -1.58. The third-order valence-corrected chi connectivity index (χ3v) is 5.74. The van der Waals surface area contributed by atoms with Crippen LogP contribution in [0.5, 0.6) is 5.88 Å². The number of amides is 1. The Morgan fingerprint density at radius 1 is 1.22 bits per heavy atom. The molecular formula is C21H21F3N6O2. The van der Waals surface area contributed by atoms with Crippen LogP contribution in [0.1, 0.15) is 65.5 Å². The quantitative estimate of drug-likeness (QED) is 0.597. The van der Waals surface area contributed by atoms with Gasteiger partial charge in [-0.3, -0.25) is 4.79 Å². The van der Waals surface area contributed by atoms with Crippen molar-refractivity contribution in [2.24, 2.45) is 0 Å². The number of hydrogen-bond donors (Lipinski definition) is 0. The van der Waals surface area contributed by atoms with Gasteiger partial charge in [-0.2, -0.15) is 10.1 Å². The van der Waals surface area contributed by atoms with E-state index in [0.717, 1.165) is 12.8 Å². The first-order valence-corrected chi connectivity index (χ1v) is 10.5. The predicted molar refractivity (Wildman–Crippen MR) is 106 cm³/mol. The maximum absolute atomic E-state index is 15.0. The van der Waals surface area contributed by atoms with Gasteiger partial charge in [0.15, 0.2) is 5.82 Å². The van der Waals surface area contributed by atoms with Crippen LogP contribution in [0.25, 0.3) is 5.78 Å². The zero-order chi connectivity index (χ0) is 22.4. The normalized spacial score (nSPS) is 19.0. The summed E-state index contributed by atoms with van der Waals surface area (Å²) in [4.78, 5) is 26.6. The molecule has 0 unspecified atom stereocenters. The predicted octanol–water partition coefficient (Wildman–Crippen LogP) is 3.47. The second-order valence-corrected chi connectivity index (χ2v) is 8.22. The minimum atomic E-state index is -2.75. The maximum Gasteiger partial charge on any atom is 0.280 e. The number of nitrogens with zero attached hydrogens (tertiary/aromatic N) is 6. The van der Waals surface area contributed by atoms with Gasteiger partial charge in [0.05, 0.1) is 11.3 Å². The molecule has 1 aliphatic heterocycles. The van der Waals surface area contributed by atoms with E-state index in [2.05, 4.69) is 20.1 Å². The number of carbonyl (C=O) groups excluding carboxylic acids is 1. The van der Waals surface area contributed by atoms with Gasteiger partial charge in [0.25, 0.3) is 24.0 Å². The number of halogens is 3. The molecule has 4 heterocycles. The number of alkyl halides is 2. The van der Waals surface area contributed by atoms with Gasteiger partial charge >= 0.3 is 0 Å². The molecule has 0 spiro atoms. The minimum Gasteiger partial charge on any atom is -0.472 e. The standard InChI is InChI=1S/C21H21F3N6O2/c1-11-7-14(17(22)19(27-11)32-13-4-5-13)20(31)29-6-2-3-12(9-29)16-8-15(18(23)24)28-21-25-10-26-30(16)21/h7-8,10,12-13,18H,2-6,9H2,1H3/t12-/m0/s1. The van der Waals surface area contributed by atoms with Crippen LogP contribution < -0.4 is 4.74 Å². The highest BCUT2D eigenvalue weighted by Gasteiger charge is 2.32. The fraction of sp³-hybridized carbons (Fsp3) is 0.476. The summed E-state index contributed by atoms with van der Waals surface area (Å²) in [6.45, 7) is 2.35. The molecule has 1 saturated heterocycles. The summed E-state index contributed by atoms with van der Waals surface area (Å²) in [6, 6.07) is 2.72. The van der Waals surface area contributed by atoms with E-state index in [9.17, 15) is 13.6 Å². The summed E-state index contributed by atoms with van der Waals surface area (Å²) in [5.41, 5.74) is 0.507. The number of carbonyl (C=O) groups is 1. The number of piperidine rings is 1. The Kier molecular flexibility index (Phi) is 5.18. The van der Waals surface area contributed by atoms with Crippen LogP contribution >= 0.6 is 0 Å². The second-order valence-electron chi connectivity index (χ2n) is 8.22. The van der Waals surface area contributed by atoms with Gasteiger partial charge in [-0.1, -0.05) is 0 Å². The van der Waals surface area contributed by atoms with Crippen LogP contribution in [0.2, 0.25) is 0 Å². The molecule has 2 aliphatic rings. The molecule has 5 rings (SSSR count). The molecule has 1 amide bonds. The van der Waals surface area contributed by atoms with Crippen molar-refractivity contribution in [2.75, 3.05) is 13.1 Å². The number of aromatic nitrogens is 5. The fourth-order valence-electron chi connectivity index (χ4n) is 4.04. The second kappa shape index (κ2) is 8.03. The Hall–Kier alpha value is -3.24. The Bertz CT molecular complexity index is 1180. The van der Waals surface area contributed by atoms with Crippen molar-refractivity contribution in [3.05, 3.63) is 46.9 Å². The Balaban J connectivity index is 1.44. The van der Waals surface area contributed by atoms with E-state index in [-0.39, 0.29) is 41.5 Å². The van der Waals surface area contributed by atoms with E-state index in [4.69, 9.17) is 4.74 Å². The number of fused-ring (bicyclic) bond motifs is 1. The lowest BCUT2D eigenvalue weighted by molar-refractivity contribution is 0.0698. The first-order chi connectivity index (χ1) is 15.4. The monoisotopic (exact) mass is 446 g/mol. The number of pyridine rings is 1. The lowest BCUT2D eigenvalue weighted by atomic mass is 9.93. The molecule has 0 aromatic carbocycles. The highest BCUT2D eigenvalue weighted by atomic mass is 19.3. The van der Waals surface area contributed by atoms with E-state index >= 15 is 4.39 Å². The highest BCUT2D eigenvalue weighted by Crippen LogP contribution is 2.32. The summed E-state index contributed by atoms with van der Waals surface area (Å²) < 4.78 is 48.7. The van der Waals surface area contributed by atoms with E-state index in [0.29, 0.717) is 30.8 Å². The van der Waals surface area contributed by atoms with Gasteiger partial charge in [-0.15, -0.1) is 0 Å². The lowest BCUT2D eigenvalue weighted by Gasteiger charge is -2.33. The van der Waals surface area contributed by atoms with Gasteiger partial charge in [-0.05, 0) is 44.7 Å². The van der Waals surface area contributed by atoms with Crippen LogP contribution in [0.15, 0.2) is 18.5 Å². The van der Waals surface area contributed by atoms with Crippen LogP contribution in [-0.4, -0.2) is 54.6 Å². The van der Waals surface area contributed by atoms with Crippen molar-refractivity contribution in [1.82, 2.24) is 29.5 Å². The summed E-state index contributed by atoms with van der Waals surface area (Å²) in [7, 11) is 0. The molecule has 11 heteroatoms. The van der Waals surface area contributed by atoms with Crippen molar-refractivity contribution in [3.8, 4) is 5.88 Å². The van der Waals surface area contributed by atoms with Crippen LogP contribution in [0, 0.1) is 12.7 Å². The van der Waals surface area contributed by atoms with E-state index in [1.807, 2.05) is 0 Å². The van der Waals surface area contributed by atoms with Crippen LogP contribution in [0.3, 0.4) is 0 Å². The zero-order valence-electron chi connectivity index (χ0n) is 17.3. The molecule has 2 fully saturated rings. The third-order valence-electron chi connectivity index (χ3n) is 5.74. The number of hydrogen-bond acceptors (Lipinski definition) is 6. The third kappa shape index (κ3) is 3.87. The number of ether oxygens (including phenoxy) is 1. The molecule has 1 saturated carbocycles. The molecule has 0 bridgehead atoms. The minimum absolute atomic E-state index is 0.0538. The van der Waals surface area contributed by atoms with E-state index in [1.54, 1.807) is 6.92 Å². The topological polar surface area (TPSA) is 85.5 Å². The van der Waals surface area contributed by atoms with Gasteiger partial charge in [0.1, 0.15) is 18.1 Å². The molecule has 3 aromatic rings. The van der Waals surface area contributed by atoms with E-state index < -0.39 is 18.1 Å². The Labute approximate surface area is 181 Å². The molecule has 8 nitrogen and oxygen atoms in total. The van der Waals surface area contributed by atoms with Crippen molar-refractivity contribution >= 4 is 11.7 Å². The van der Waals surface area contributed by atoms with Crippen molar-refractivity contribution in [2.45, 2.75) is 51.1 Å². The lowest BCUT2D eigenvalue weighted by Crippen LogP contribution is -2.40. The highest BCUT2D eigenvalue weighted by molar-refractivity contribution is 5.95. The first-order valence-electron chi connectivity index (χ1n) is 10.5. The molecule has 3 aromatic heterocycles. The SMILES string of the molecule is Cc1cc(C(=O)N2CCC[C@H](c3cc(C(F)F)nc4ncnn34)C2)c(F)c(OC2CC2)n1. The Morgan fingerprint density at radius 3 is 2.78 bits per heavy atom. The number of likely N-dealkylation sites (tertiary alicyclic amines) is 1. The number of rotatable bonds is 5. The van der Waals surface area contributed by atoms with Crippen LogP contribution in [-0.2, 0) is 0 Å². The summed E-state index contributed by atoms with van der Waals surface area (Å²) in [6.07, 6.45) is 1.43. The Morgan fingerprint density at radius 2 is 2.03 bits per heavy atom. The van der Waals surface area contributed by atoms with Crippen molar-refractivity contribution < 1.29 is 22.7 Å². The molecule has 32 heavy (non-hydrogen) atoms. The molecule has 0 radical (unpaired) electrons. The van der Waals surface area contributed by atoms with E-state index in [1.165, 1.54) is 27.9 Å². The number of aryl methyl sites for hydroxylation is 1. The average molecular weight is 446 g/mol. The molecule has 0 N–H and O–H groups in total. The van der Waals surface area contributed by atoms with Crippen LogP contribution in [0.4, 0.5) is 13.2 Å². The summed E-state index contributed by atoms with van der Waals surface area (Å²) >= 11 is 0. The smallest absolute Gasteiger partial charge is 0.280 e. The van der Waals surface area contributed by atoms with Crippen molar-refractivity contribution in [3.63, 3.8) is 0 Å². The molecular weight excluding hydrogens is 425 g/mol. The molecule has 1 atom stereocenters. The van der Waals surface area contributed by atoms with Gasteiger partial charge in [0, 0.05) is 24.7 Å². The van der Waals surface area contributed by atoms with Gasteiger partial charge < -0.3 is 9.64 Å². The first kappa shape index (κ1) is 20.7. The van der Waals surface area contributed by atoms with Crippen molar-refractivity contribution in [1.29, 1.82) is 0 Å². The largest absolute Gasteiger partial charge is 0.472 e.